The van der Waals surface area contributed by atoms with Crippen LogP contribution >= 0.6 is 35.2 Å². The van der Waals surface area contributed by atoms with Crippen LogP contribution in [0.1, 0.15) is 78.4 Å². The van der Waals surface area contributed by atoms with Crippen molar-refractivity contribution in [2.45, 2.75) is 109 Å². The zero-order chi connectivity index (χ0) is 44.9. The SMILES string of the molecule is CCCC(O)CCCCCC(=O)SCCNC(=O)CCNC(=O)C(O)C(C)(C)COP(=O)(O)OP(=O)(O)OCC1OC(n2cnc3c(N)ncnc32)C(O)C1OP(=O)(O)O. The topological polar surface area (TPSA) is 384 Å². The number of amides is 2. The van der Waals surface area contributed by atoms with Crippen molar-refractivity contribution in [3.63, 3.8) is 0 Å². The van der Waals surface area contributed by atoms with Crippen LogP contribution in [0.15, 0.2) is 12.7 Å². The number of aromatic nitrogens is 4. The highest BCUT2D eigenvalue weighted by atomic mass is 32.2. The smallest absolute Gasteiger partial charge is 0.393 e. The van der Waals surface area contributed by atoms with Crippen molar-refractivity contribution in [3.05, 3.63) is 12.7 Å². The fourth-order valence-corrected chi connectivity index (χ4v) is 9.22. The van der Waals surface area contributed by atoms with Crippen LogP contribution in [0.3, 0.4) is 0 Å². The van der Waals surface area contributed by atoms with E-state index in [-0.39, 0.29) is 47.7 Å². The van der Waals surface area contributed by atoms with Crippen molar-refractivity contribution in [3.8, 4) is 0 Å². The fourth-order valence-electron chi connectivity index (χ4n) is 5.67. The lowest BCUT2D eigenvalue weighted by atomic mass is 9.87. The molecule has 8 unspecified atom stereocenters. The number of aliphatic hydroxyl groups excluding tert-OH is 3. The van der Waals surface area contributed by atoms with Gasteiger partial charge in [0.2, 0.25) is 11.8 Å². The standard InChI is InChI=1S/C31H54N7O18P3S/c1-4-8-19(39)9-6-5-7-10-22(41)60-14-13-33-21(40)11-12-34-29(44)26(43)31(2,3)16-53-59(50,51)56-58(48,49)52-15-20-25(55-57(45,46)47)24(42)30(54-20)38-18-37-23-27(32)35-17-36-28(23)38/h17-20,24-26,30,39,42-43H,4-16H2,1-3H3,(H,33,40)(H,34,44)(H,48,49)(H,50,51)(H2,32,35,36)(H2,45,46,47). The second-order valence-corrected chi connectivity index (χ2v) is 19.7. The second-order valence-electron chi connectivity index (χ2n) is 14.3. The maximum absolute atomic E-state index is 12.7. The van der Waals surface area contributed by atoms with Crippen molar-refractivity contribution >= 4 is 69.1 Å². The summed E-state index contributed by atoms with van der Waals surface area (Å²) in [6.45, 7) is 2.49. The summed E-state index contributed by atoms with van der Waals surface area (Å²) in [6.07, 6.45) is -2.05. The Balaban J connectivity index is 1.41. The largest absolute Gasteiger partial charge is 0.481 e. The molecule has 3 rings (SSSR count). The minimum absolute atomic E-state index is 0.00436. The summed E-state index contributed by atoms with van der Waals surface area (Å²) in [5, 5.41) is 36.2. The minimum Gasteiger partial charge on any atom is -0.393 e. The molecule has 342 valence electrons. The van der Waals surface area contributed by atoms with E-state index in [1.807, 2.05) is 6.92 Å². The van der Waals surface area contributed by atoms with Crippen LogP contribution in [-0.2, 0) is 50.7 Å². The highest BCUT2D eigenvalue weighted by Crippen LogP contribution is 2.61. The Labute approximate surface area is 348 Å². The number of phosphoric acid groups is 3. The van der Waals surface area contributed by atoms with Crippen LogP contribution in [0.4, 0.5) is 5.82 Å². The minimum atomic E-state index is -5.58. The van der Waals surface area contributed by atoms with Gasteiger partial charge in [-0.3, -0.25) is 32.5 Å². The molecule has 3 heterocycles. The Bertz CT molecular complexity index is 1890. The van der Waals surface area contributed by atoms with Crippen molar-refractivity contribution in [1.29, 1.82) is 0 Å². The maximum Gasteiger partial charge on any atom is 0.481 e. The van der Waals surface area contributed by atoms with Crippen molar-refractivity contribution in [1.82, 2.24) is 30.2 Å². The van der Waals surface area contributed by atoms with E-state index in [9.17, 15) is 63.0 Å². The summed E-state index contributed by atoms with van der Waals surface area (Å²) in [5.74, 6) is -1.11. The highest BCUT2D eigenvalue weighted by Gasteiger charge is 2.50. The van der Waals surface area contributed by atoms with Gasteiger partial charge < -0.3 is 56.0 Å². The number of carbonyl (C=O) groups is 3. The number of carbonyl (C=O) groups excluding carboxylic acids is 3. The van der Waals surface area contributed by atoms with Gasteiger partial charge in [0.25, 0.3) is 0 Å². The number of imidazole rings is 1. The van der Waals surface area contributed by atoms with Gasteiger partial charge in [0.15, 0.2) is 22.8 Å². The van der Waals surface area contributed by atoms with Crippen molar-refractivity contribution < 1.29 is 85.6 Å². The number of ether oxygens (including phenoxy) is 1. The fraction of sp³-hybridized carbons (Fsp3) is 0.742. The van der Waals surface area contributed by atoms with E-state index in [0.717, 1.165) is 54.7 Å². The van der Waals surface area contributed by atoms with E-state index >= 15 is 0 Å². The first-order chi connectivity index (χ1) is 27.9. The average molecular weight is 938 g/mol. The number of hydrogen-bond acceptors (Lipinski definition) is 19. The van der Waals surface area contributed by atoms with Crippen LogP contribution in [0.2, 0.25) is 0 Å². The molecule has 25 nitrogen and oxygen atoms in total. The van der Waals surface area contributed by atoms with Gasteiger partial charge in [-0.15, -0.1) is 0 Å². The number of nitrogens with one attached hydrogen (secondary N) is 2. The van der Waals surface area contributed by atoms with Gasteiger partial charge in [-0.1, -0.05) is 51.8 Å². The Morgan fingerprint density at radius 3 is 2.37 bits per heavy atom. The Morgan fingerprint density at radius 1 is 0.983 bits per heavy atom. The number of hydrogen-bond donors (Lipinski definition) is 10. The molecule has 0 aliphatic carbocycles. The number of unbranched alkanes of at least 4 members (excludes halogenated alkanes) is 2. The summed E-state index contributed by atoms with van der Waals surface area (Å²) in [4.78, 5) is 87.8. The third-order valence-electron chi connectivity index (χ3n) is 8.80. The molecule has 29 heteroatoms. The molecule has 1 saturated heterocycles. The molecule has 0 bridgehead atoms. The second kappa shape index (κ2) is 23.3. The Hall–Kier alpha value is -2.48. The van der Waals surface area contributed by atoms with E-state index in [4.69, 9.17) is 19.5 Å². The number of anilines is 1. The van der Waals surface area contributed by atoms with E-state index in [2.05, 4.69) is 34.4 Å². The number of nitrogen functional groups attached to an aromatic ring is 1. The predicted octanol–water partition coefficient (Wildman–Crippen LogP) is 0.776. The molecule has 1 aliphatic heterocycles. The quantitative estimate of drug-likeness (QED) is 0.0437. The molecule has 1 fully saturated rings. The molecule has 0 saturated carbocycles. The first kappa shape index (κ1) is 51.9. The zero-order valence-electron chi connectivity index (χ0n) is 33.0. The van der Waals surface area contributed by atoms with Gasteiger partial charge in [0.1, 0.15) is 36.3 Å². The molecule has 0 spiro atoms. The number of rotatable bonds is 27. The van der Waals surface area contributed by atoms with Crippen molar-refractivity contribution in [2.24, 2.45) is 5.41 Å². The lowest BCUT2D eigenvalue weighted by molar-refractivity contribution is -0.137. The third-order valence-corrected chi connectivity index (χ3v) is 12.8. The summed E-state index contributed by atoms with van der Waals surface area (Å²) in [7, 11) is -16.4. The Kier molecular flexibility index (Phi) is 20.1. The first-order valence-electron chi connectivity index (χ1n) is 18.7. The predicted molar refractivity (Wildman–Crippen MR) is 211 cm³/mol. The zero-order valence-corrected chi connectivity index (χ0v) is 36.5. The van der Waals surface area contributed by atoms with Gasteiger partial charge >= 0.3 is 23.5 Å². The van der Waals surface area contributed by atoms with Crippen LogP contribution in [0, 0.1) is 5.41 Å². The molecule has 60 heavy (non-hydrogen) atoms. The molecule has 11 N–H and O–H groups in total. The number of phosphoric ester groups is 3. The summed E-state index contributed by atoms with van der Waals surface area (Å²) < 4.78 is 62.2. The van der Waals surface area contributed by atoms with E-state index in [0.29, 0.717) is 25.0 Å². The molecule has 2 aromatic rings. The molecule has 0 aromatic carbocycles. The molecule has 0 radical (unpaired) electrons. The first-order valence-corrected chi connectivity index (χ1v) is 24.2. The summed E-state index contributed by atoms with van der Waals surface area (Å²) >= 11 is 1.09. The summed E-state index contributed by atoms with van der Waals surface area (Å²) in [6, 6.07) is 0. The molecular weight excluding hydrogens is 883 g/mol. The highest BCUT2D eigenvalue weighted by molar-refractivity contribution is 8.13. The van der Waals surface area contributed by atoms with Crippen LogP contribution in [0.5, 0.6) is 0 Å². The van der Waals surface area contributed by atoms with Crippen LogP contribution in [0.25, 0.3) is 11.2 Å². The van der Waals surface area contributed by atoms with Gasteiger partial charge in [0, 0.05) is 37.1 Å². The van der Waals surface area contributed by atoms with Crippen LogP contribution in [-0.4, -0.2) is 134 Å². The molecule has 2 aromatic heterocycles. The van der Waals surface area contributed by atoms with Gasteiger partial charge in [-0.25, -0.2) is 28.6 Å². The maximum atomic E-state index is 12.7. The Morgan fingerprint density at radius 2 is 1.68 bits per heavy atom. The molecular formula is C31H54N7O18P3S. The van der Waals surface area contributed by atoms with E-state index < -0.39 is 84.6 Å². The molecule has 1 aliphatic rings. The van der Waals surface area contributed by atoms with Crippen molar-refractivity contribution in [2.75, 3.05) is 37.8 Å². The number of nitrogens with zero attached hydrogens (tertiary/aromatic N) is 4. The molecule has 2 amide bonds. The summed E-state index contributed by atoms with van der Waals surface area (Å²) in [5.41, 5.74) is 4.26. The van der Waals surface area contributed by atoms with Gasteiger partial charge in [-0.2, -0.15) is 4.31 Å². The number of nitrogens with two attached hydrogens (primary N) is 1. The van der Waals surface area contributed by atoms with Gasteiger partial charge in [0.05, 0.1) is 25.6 Å². The number of fused-ring (bicyclic) bond motifs is 1. The lowest BCUT2D eigenvalue weighted by Gasteiger charge is -2.30. The number of thioether (sulfide) groups is 1. The monoisotopic (exact) mass is 937 g/mol. The van der Waals surface area contributed by atoms with Crippen LogP contribution < -0.4 is 16.4 Å². The molecule has 8 atom stereocenters. The lowest BCUT2D eigenvalue weighted by Crippen LogP contribution is -2.46. The van der Waals surface area contributed by atoms with Gasteiger partial charge in [-0.05, 0) is 19.3 Å². The van der Waals surface area contributed by atoms with E-state index in [1.165, 1.54) is 13.8 Å². The number of aliphatic hydroxyl groups is 3. The third kappa shape index (κ3) is 17.0. The van der Waals surface area contributed by atoms with E-state index in [1.54, 1.807) is 0 Å². The average Bonchev–Trinajstić information content (AvgIpc) is 3.71. The normalized spacial score (nSPS) is 21.6.